The molecule has 2 N–H and O–H groups in total. The number of hydrogen-bond acceptors (Lipinski definition) is 3. The summed E-state index contributed by atoms with van der Waals surface area (Å²) in [4.78, 5) is 0. The second-order valence-electron chi connectivity index (χ2n) is 6.07. The van der Waals surface area contributed by atoms with Crippen LogP contribution in [0.4, 0.5) is 22.0 Å². The maximum Gasteiger partial charge on any atom is 0.454 e. The van der Waals surface area contributed by atoms with Gasteiger partial charge in [-0.3, -0.25) is 0 Å². The molecule has 22 heavy (non-hydrogen) atoms. The van der Waals surface area contributed by atoms with Crippen LogP contribution in [0.15, 0.2) is 0 Å². The first-order valence-corrected chi connectivity index (χ1v) is 8.54. The van der Waals surface area contributed by atoms with E-state index in [1.807, 2.05) is 13.8 Å². The molecule has 0 aromatic rings. The molecule has 0 radical (unpaired) electrons. The highest BCUT2D eigenvalue weighted by molar-refractivity contribution is 7.89. The average Bonchev–Trinajstić information content (AvgIpc) is 2.37. The van der Waals surface area contributed by atoms with Gasteiger partial charge in [0.25, 0.3) is 0 Å². The Balaban J connectivity index is 2.77. The topological polar surface area (TPSA) is 63.4 Å². The standard InChI is InChI=1S/C12H21F5N2O2S/c1-3-10(2)4-6-19(7-5-10)22(20,21)8-9(18)11(13,14)12(15,16)17/h9H,3-8,18H2,1-2H3. The molecule has 0 aromatic carbocycles. The zero-order valence-electron chi connectivity index (χ0n) is 12.5. The fourth-order valence-corrected chi connectivity index (χ4v) is 3.92. The van der Waals surface area contributed by atoms with Gasteiger partial charge in [-0.05, 0) is 18.3 Å². The van der Waals surface area contributed by atoms with E-state index in [0.717, 1.165) is 10.7 Å². The van der Waals surface area contributed by atoms with Gasteiger partial charge in [-0.2, -0.15) is 22.0 Å². The van der Waals surface area contributed by atoms with Gasteiger partial charge < -0.3 is 5.73 Å². The van der Waals surface area contributed by atoms with Gasteiger partial charge in [0.1, 0.15) is 0 Å². The first-order valence-electron chi connectivity index (χ1n) is 6.93. The summed E-state index contributed by atoms with van der Waals surface area (Å²) in [5.41, 5.74) is 4.80. The number of alkyl halides is 5. The lowest BCUT2D eigenvalue weighted by atomic mass is 9.79. The Hall–Kier alpha value is -0.480. The SMILES string of the molecule is CCC1(C)CCN(S(=O)(=O)CC(N)C(F)(F)C(F)(F)F)CC1. The fourth-order valence-electron chi connectivity index (χ4n) is 2.30. The summed E-state index contributed by atoms with van der Waals surface area (Å²) >= 11 is 0. The Labute approximate surface area is 126 Å². The number of hydrogen-bond donors (Lipinski definition) is 1. The lowest BCUT2D eigenvalue weighted by molar-refractivity contribution is -0.287. The van der Waals surface area contributed by atoms with E-state index < -0.39 is 33.9 Å². The molecule has 1 rings (SSSR count). The van der Waals surface area contributed by atoms with Gasteiger partial charge in [-0.25, -0.2) is 12.7 Å². The van der Waals surface area contributed by atoms with Gasteiger partial charge in [0.15, 0.2) is 0 Å². The first kappa shape index (κ1) is 19.6. The summed E-state index contributed by atoms with van der Waals surface area (Å²) in [6.45, 7) is 4.17. The third-order valence-electron chi connectivity index (χ3n) is 4.41. The number of rotatable bonds is 5. The molecule has 1 atom stereocenters. The Morgan fingerprint density at radius 3 is 2.00 bits per heavy atom. The van der Waals surface area contributed by atoms with Crippen LogP contribution >= 0.6 is 0 Å². The largest absolute Gasteiger partial charge is 0.454 e. The highest BCUT2D eigenvalue weighted by Gasteiger charge is 2.62. The zero-order valence-corrected chi connectivity index (χ0v) is 13.3. The lowest BCUT2D eigenvalue weighted by Gasteiger charge is -2.38. The van der Waals surface area contributed by atoms with E-state index in [2.05, 4.69) is 0 Å². The zero-order chi connectivity index (χ0) is 17.4. The molecule has 4 nitrogen and oxygen atoms in total. The van der Waals surface area contributed by atoms with E-state index in [0.29, 0.717) is 12.8 Å². The normalized spacial score (nSPS) is 22.5. The number of nitrogens with two attached hydrogens (primary N) is 1. The predicted molar refractivity (Wildman–Crippen MR) is 72.0 cm³/mol. The minimum atomic E-state index is -5.87. The summed E-state index contributed by atoms with van der Waals surface area (Å²) in [5, 5.41) is 0. The molecule has 0 aromatic heterocycles. The van der Waals surface area contributed by atoms with Crippen LogP contribution in [0.25, 0.3) is 0 Å². The van der Waals surface area contributed by atoms with Crippen molar-refractivity contribution in [1.82, 2.24) is 4.31 Å². The number of nitrogens with zero attached hydrogens (tertiary/aromatic N) is 1. The Morgan fingerprint density at radius 2 is 1.64 bits per heavy atom. The van der Waals surface area contributed by atoms with Crippen LogP contribution in [0.3, 0.4) is 0 Å². The molecule has 1 heterocycles. The van der Waals surface area contributed by atoms with E-state index in [1.165, 1.54) is 0 Å². The van der Waals surface area contributed by atoms with E-state index in [9.17, 15) is 30.4 Å². The van der Waals surface area contributed by atoms with Crippen molar-refractivity contribution < 1.29 is 30.4 Å². The highest BCUT2D eigenvalue weighted by atomic mass is 32.2. The molecule has 1 unspecified atom stereocenters. The van der Waals surface area contributed by atoms with Gasteiger partial charge in [0.05, 0.1) is 11.8 Å². The Morgan fingerprint density at radius 1 is 1.18 bits per heavy atom. The summed E-state index contributed by atoms with van der Waals surface area (Å²) in [6, 6.07) is -2.82. The van der Waals surface area contributed by atoms with Crippen LogP contribution in [0, 0.1) is 5.41 Å². The van der Waals surface area contributed by atoms with Crippen molar-refractivity contribution in [3.63, 3.8) is 0 Å². The molecule has 1 saturated heterocycles. The minimum Gasteiger partial charge on any atom is -0.321 e. The smallest absolute Gasteiger partial charge is 0.321 e. The molecule has 0 amide bonds. The third kappa shape index (κ3) is 4.08. The monoisotopic (exact) mass is 352 g/mol. The van der Waals surface area contributed by atoms with Crippen LogP contribution in [-0.4, -0.2) is 49.7 Å². The number of halogens is 5. The molecular formula is C12H21F5N2O2S. The molecule has 0 aliphatic carbocycles. The molecule has 1 fully saturated rings. The molecule has 1 aliphatic rings. The van der Waals surface area contributed by atoms with E-state index in [4.69, 9.17) is 5.73 Å². The summed E-state index contributed by atoms with van der Waals surface area (Å²) in [6.07, 6.45) is -3.96. The summed E-state index contributed by atoms with van der Waals surface area (Å²) in [7, 11) is -4.26. The molecular weight excluding hydrogens is 331 g/mol. The quantitative estimate of drug-likeness (QED) is 0.773. The van der Waals surface area contributed by atoms with Gasteiger partial charge in [-0.1, -0.05) is 20.3 Å². The summed E-state index contributed by atoms with van der Waals surface area (Å²) < 4.78 is 87.7. The van der Waals surface area contributed by atoms with Gasteiger partial charge in [0, 0.05) is 13.1 Å². The Bertz CT molecular complexity index is 484. The maximum atomic E-state index is 13.1. The highest BCUT2D eigenvalue weighted by Crippen LogP contribution is 2.39. The molecule has 0 spiro atoms. The van der Waals surface area contributed by atoms with Crippen LogP contribution in [-0.2, 0) is 10.0 Å². The van der Waals surface area contributed by atoms with E-state index in [1.54, 1.807) is 0 Å². The summed E-state index contributed by atoms with van der Waals surface area (Å²) in [5.74, 6) is -6.67. The molecule has 132 valence electrons. The van der Waals surface area contributed by atoms with Crippen LogP contribution in [0.1, 0.15) is 33.1 Å². The Kier molecular flexibility index (Phi) is 5.51. The van der Waals surface area contributed by atoms with Crippen LogP contribution < -0.4 is 5.73 Å². The minimum absolute atomic E-state index is 0.0377. The van der Waals surface area contributed by atoms with Crippen molar-refractivity contribution in [2.24, 2.45) is 11.1 Å². The second kappa shape index (κ2) is 6.20. The van der Waals surface area contributed by atoms with Crippen LogP contribution in [0.5, 0.6) is 0 Å². The predicted octanol–water partition coefficient (Wildman–Crippen LogP) is 2.35. The first-order chi connectivity index (χ1) is 9.75. The van der Waals surface area contributed by atoms with Gasteiger partial charge in [0.2, 0.25) is 10.0 Å². The van der Waals surface area contributed by atoms with Crippen molar-refractivity contribution >= 4 is 10.0 Å². The van der Waals surface area contributed by atoms with Crippen molar-refractivity contribution in [2.45, 2.75) is 51.3 Å². The average molecular weight is 352 g/mol. The van der Waals surface area contributed by atoms with Crippen molar-refractivity contribution in [3.05, 3.63) is 0 Å². The van der Waals surface area contributed by atoms with Crippen molar-refractivity contribution in [3.8, 4) is 0 Å². The van der Waals surface area contributed by atoms with E-state index in [-0.39, 0.29) is 18.5 Å². The number of piperidine rings is 1. The van der Waals surface area contributed by atoms with Gasteiger partial charge in [-0.15, -0.1) is 0 Å². The lowest BCUT2D eigenvalue weighted by Crippen LogP contribution is -2.56. The molecule has 10 heteroatoms. The van der Waals surface area contributed by atoms with Crippen molar-refractivity contribution in [1.29, 1.82) is 0 Å². The third-order valence-corrected chi connectivity index (χ3v) is 6.34. The van der Waals surface area contributed by atoms with Crippen molar-refractivity contribution in [2.75, 3.05) is 18.8 Å². The van der Waals surface area contributed by atoms with Gasteiger partial charge >= 0.3 is 12.1 Å². The second-order valence-corrected chi connectivity index (χ2v) is 8.08. The van der Waals surface area contributed by atoms with E-state index >= 15 is 0 Å². The molecule has 1 aliphatic heterocycles. The molecule has 0 bridgehead atoms. The fraction of sp³-hybridized carbons (Fsp3) is 1.00. The molecule has 0 saturated carbocycles. The van der Waals surface area contributed by atoms with Crippen LogP contribution in [0.2, 0.25) is 0 Å². The maximum absolute atomic E-state index is 13.1. The number of sulfonamides is 1.